The van der Waals surface area contributed by atoms with E-state index in [-0.39, 0.29) is 0 Å². The monoisotopic (exact) mass is 314 g/mol. The summed E-state index contributed by atoms with van der Waals surface area (Å²) in [6, 6.07) is 23.0. The fourth-order valence-electron chi connectivity index (χ4n) is 4.26. The maximum atomic E-state index is 13.4. The van der Waals surface area contributed by atoms with Crippen LogP contribution in [-0.4, -0.2) is 5.78 Å². The van der Waals surface area contributed by atoms with Crippen molar-refractivity contribution in [1.29, 1.82) is 0 Å². The smallest absolute Gasteiger partial charge is 0.173 e. The lowest BCUT2D eigenvalue weighted by atomic mass is 9.71. The first-order valence-electron chi connectivity index (χ1n) is 8.72. The second-order valence-corrected chi connectivity index (χ2v) is 7.41. The Hall–Kier alpha value is -2.41. The molecule has 0 fully saturated rings. The standard InChI is InChI=1S/C23H22O/c1-16(2)14-23(15-19-9-5-6-10-21(19)22(23)24)20-12-11-17-7-3-4-8-18(17)13-20/h3-13,16H,14-15H2,1-2H3. The van der Waals surface area contributed by atoms with Gasteiger partial charge in [-0.1, -0.05) is 80.6 Å². The molecule has 0 N–H and O–H groups in total. The zero-order valence-corrected chi connectivity index (χ0v) is 14.3. The zero-order valence-electron chi connectivity index (χ0n) is 14.3. The molecule has 3 aromatic carbocycles. The maximum Gasteiger partial charge on any atom is 0.173 e. The number of ketones is 1. The van der Waals surface area contributed by atoms with Gasteiger partial charge in [0.25, 0.3) is 0 Å². The van der Waals surface area contributed by atoms with Crippen LogP contribution < -0.4 is 0 Å². The van der Waals surface area contributed by atoms with Gasteiger partial charge in [-0.3, -0.25) is 4.79 Å². The highest BCUT2D eigenvalue weighted by molar-refractivity contribution is 6.08. The number of benzene rings is 3. The van der Waals surface area contributed by atoms with Crippen molar-refractivity contribution in [1.82, 2.24) is 0 Å². The first-order chi connectivity index (χ1) is 11.6. The molecule has 0 aliphatic heterocycles. The van der Waals surface area contributed by atoms with Gasteiger partial charge in [0.1, 0.15) is 0 Å². The SMILES string of the molecule is CC(C)CC1(c2ccc3ccccc3c2)Cc2ccccc2C1=O. The van der Waals surface area contributed by atoms with Gasteiger partial charge >= 0.3 is 0 Å². The van der Waals surface area contributed by atoms with Crippen LogP contribution in [0.25, 0.3) is 10.8 Å². The Balaban J connectivity index is 1.90. The van der Waals surface area contributed by atoms with Crippen LogP contribution in [0.5, 0.6) is 0 Å². The summed E-state index contributed by atoms with van der Waals surface area (Å²) in [4.78, 5) is 13.4. The number of fused-ring (bicyclic) bond motifs is 2. The van der Waals surface area contributed by atoms with Crippen LogP contribution in [0.3, 0.4) is 0 Å². The summed E-state index contributed by atoms with van der Waals surface area (Å²) in [5.74, 6) is 0.761. The summed E-state index contributed by atoms with van der Waals surface area (Å²) in [7, 11) is 0. The maximum absolute atomic E-state index is 13.4. The van der Waals surface area contributed by atoms with E-state index in [1.807, 2.05) is 18.2 Å². The van der Waals surface area contributed by atoms with Crippen LogP contribution >= 0.6 is 0 Å². The third-order valence-electron chi connectivity index (χ3n) is 5.25. The first-order valence-corrected chi connectivity index (χ1v) is 8.72. The lowest BCUT2D eigenvalue weighted by Crippen LogP contribution is -2.34. The zero-order chi connectivity index (χ0) is 16.7. The fourth-order valence-corrected chi connectivity index (χ4v) is 4.26. The highest BCUT2D eigenvalue weighted by Crippen LogP contribution is 2.44. The molecule has 0 bridgehead atoms. The molecule has 1 aliphatic carbocycles. The first kappa shape index (κ1) is 15.1. The number of hydrogen-bond acceptors (Lipinski definition) is 1. The molecule has 4 rings (SSSR count). The molecule has 0 heterocycles. The molecule has 1 aliphatic rings. The molecule has 24 heavy (non-hydrogen) atoms. The second-order valence-electron chi connectivity index (χ2n) is 7.41. The largest absolute Gasteiger partial charge is 0.293 e. The second kappa shape index (κ2) is 5.59. The Labute approximate surface area is 143 Å². The molecule has 120 valence electrons. The predicted octanol–water partition coefficient (Wildman–Crippen LogP) is 5.56. The van der Waals surface area contributed by atoms with Crippen molar-refractivity contribution in [3.05, 3.63) is 83.4 Å². The lowest BCUT2D eigenvalue weighted by molar-refractivity contribution is 0.0882. The Morgan fingerprint density at radius 3 is 2.38 bits per heavy atom. The molecule has 0 saturated heterocycles. The molecule has 0 spiro atoms. The van der Waals surface area contributed by atoms with Crippen LogP contribution in [0.1, 0.15) is 41.8 Å². The van der Waals surface area contributed by atoms with E-state index in [9.17, 15) is 4.79 Å². The van der Waals surface area contributed by atoms with Gasteiger partial charge < -0.3 is 0 Å². The van der Waals surface area contributed by atoms with E-state index in [4.69, 9.17) is 0 Å². The fraction of sp³-hybridized carbons (Fsp3) is 0.261. The minimum atomic E-state index is -0.415. The van der Waals surface area contributed by atoms with E-state index in [2.05, 4.69) is 62.4 Å². The summed E-state index contributed by atoms with van der Waals surface area (Å²) in [5, 5.41) is 2.44. The minimum absolute atomic E-state index is 0.294. The van der Waals surface area contributed by atoms with E-state index < -0.39 is 5.41 Å². The van der Waals surface area contributed by atoms with Crippen molar-refractivity contribution < 1.29 is 4.79 Å². The summed E-state index contributed by atoms with van der Waals surface area (Å²) in [6.45, 7) is 4.41. The Kier molecular flexibility index (Phi) is 3.53. The molecule has 1 nitrogen and oxygen atoms in total. The van der Waals surface area contributed by atoms with Gasteiger partial charge in [0, 0.05) is 5.56 Å². The minimum Gasteiger partial charge on any atom is -0.293 e. The summed E-state index contributed by atoms with van der Waals surface area (Å²) in [5.41, 5.74) is 2.85. The average Bonchev–Trinajstić information content (AvgIpc) is 2.87. The van der Waals surface area contributed by atoms with Crippen molar-refractivity contribution in [3.63, 3.8) is 0 Å². The third kappa shape index (κ3) is 2.27. The van der Waals surface area contributed by atoms with Crippen LogP contribution in [0.15, 0.2) is 66.7 Å². The summed E-state index contributed by atoms with van der Waals surface area (Å²) < 4.78 is 0. The molecule has 1 atom stereocenters. The van der Waals surface area contributed by atoms with Crippen LogP contribution in [0.4, 0.5) is 0 Å². The van der Waals surface area contributed by atoms with Crippen LogP contribution in [-0.2, 0) is 11.8 Å². The van der Waals surface area contributed by atoms with Crippen molar-refractivity contribution in [2.45, 2.75) is 32.1 Å². The van der Waals surface area contributed by atoms with Crippen LogP contribution in [0, 0.1) is 5.92 Å². The van der Waals surface area contributed by atoms with E-state index >= 15 is 0 Å². The molecule has 0 aromatic heterocycles. The summed E-state index contributed by atoms with van der Waals surface area (Å²) in [6.07, 6.45) is 1.71. The molecule has 1 unspecified atom stereocenters. The quantitative estimate of drug-likeness (QED) is 0.618. The Bertz CT molecular complexity index is 922. The predicted molar refractivity (Wildman–Crippen MR) is 99.6 cm³/mol. The van der Waals surface area contributed by atoms with E-state index in [0.29, 0.717) is 11.7 Å². The molecule has 0 saturated carbocycles. The topological polar surface area (TPSA) is 17.1 Å². The van der Waals surface area contributed by atoms with Gasteiger partial charge in [-0.05, 0) is 40.7 Å². The molecule has 0 radical (unpaired) electrons. The number of hydrogen-bond donors (Lipinski definition) is 0. The highest BCUT2D eigenvalue weighted by Gasteiger charge is 2.46. The van der Waals surface area contributed by atoms with Gasteiger partial charge in [0.2, 0.25) is 0 Å². The van der Waals surface area contributed by atoms with Gasteiger partial charge in [-0.2, -0.15) is 0 Å². The van der Waals surface area contributed by atoms with Gasteiger partial charge in [-0.25, -0.2) is 0 Å². The molecular weight excluding hydrogens is 292 g/mol. The van der Waals surface area contributed by atoms with Gasteiger partial charge in [0.15, 0.2) is 5.78 Å². The molecule has 3 aromatic rings. The van der Waals surface area contributed by atoms with E-state index in [1.165, 1.54) is 16.3 Å². The lowest BCUT2D eigenvalue weighted by Gasteiger charge is -2.30. The molecule has 0 amide bonds. The van der Waals surface area contributed by atoms with Gasteiger partial charge in [0.05, 0.1) is 5.41 Å². The van der Waals surface area contributed by atoms with E-state index in [0.717, 1.165) is 24.0 Å². The third-order valence-corrected chi connectivity index (χ3v) is 5.25. The normalized spacial score (nSPS) is 19.9. The number of Topliss-reactive ketones (excluding diaryl/α,β-unsaturated/α-hetero) is 1. The van der Waals surface area contributed by atoms with E-state index in [1.54, 1.807) is 0 Å². The number of rotatable bonds is 3. The van der Waals surface area contributed by atoms with Crippen LogP contribution in [0.2, 0.25) is 0 Å². The Morgan fingerprint density at radius 1 is 0.917 bits per heavy atom. The average molecular weight is 314 g/mol. The number of carbonyl (C=O) groups is 1. The number of carbonyl (C=O) groups excluding carboxylic acids is 1. The highest BCUT2D eigenvalue weighted by atomic mass is 16.1. The summed E-state index contributed by atoms with van der Waals surface area (Å²) >= 11 is 0. The van der Waals surface area contributed by atoms with Gasteiger partial charge in [-0.15, -0.1) is 0 Å². The molecular formula is C23H22O. The van der Waals surface area contributed by atoms with Crippen molar-refractivity contribution in [3.8, 4) is 0 Å². The molecule has 1 heteroatoms. The van der Waals surface area contributed by atoms with Crippen molar-refractivity contribution >= 4 is 16.6 Å². The Morgan fingerprint density at radius 2 is 1.62 bits per heavy atom. The van der Waals surface area contributed by atoms with Crippen molar-refractivity contribution in [2.24, 2.45) is 5.92 Å². The van der Waals surface area contributed by atoms with Crippen molar-refractivity contribution in [2.75, 3.05) is 0 Å².